The second kappa shape index (κ2) is 4.16. The van der Waals surface area contributed by atoms with E-state index < -0.39 is 11.7 Å². The molecule has 0 radical (unpaired) electrons. The highest BCUT2D eigenvalue weighted by molar-refractivity contribution is 6.03. The Kier molecular flexibility index (Phi) is 2.48. The van der Waals surface area contributed by atoms with Crippen molar-refractivity contribution in [2.45, 2.75) is 6.92 Å². The Morgan fingerprint density at radius 3 is 2.95 bits per heavy atom. The fraction of sp³-hybridized carbons (Fsp3) is 0.0909. The number of nitrogens with zero attached hydrogens (tertiary/aromatic N) is 3. The monoisotopic (exact) mass is 260 g/mol. The second-order valence-corrected chi connectivity index (χ2v) is 3.99. The molecule has 19 heavy (non-hydrogen) atoms. The molecule has 3 N–H and O–H groups in total. The van der Waals surface area contributed by atoms with E-state index in [9.17, 15) is 9.18 Å². The fourth-order valence-electron chi connectivity index (χ4n) is 1.71. The number of hydrogen-bond donors (Lipinski definition) is 3. The van der Waals surface area contributed by atoms with Crippen molar-refractivity contribution in [2.75, 3.05) is 5.32 Å². The number of rotatable bonds is 2. The lowest BCUT2D eigenvalue weighted by atomic mass is 10.2. The molecule has 0 fully saturated rings. The number of H-pyrrole nitrogens is 2. The summed E-state index contributed by atoms with van der Waals surface area (Å²) in [6.07, 6.45) is 2.39. The third kappa shape index (κ3) is 1.92. The number of aryl methyl sites for hydroxylation is 1. The number of aromatic amines is 2. The van der Waals surface area contributed by atoms with Crippen molar-refractivity contribution in [1.82, 2.24) is 25.4 Å². The highest BCUT2D eigenvalue weighted by Gasteiger charge is 2.14. The molecule has 0 bridgehead atoms. The first-order chi connectivity index (χ1) is 9.15. The van der Waals surface area contributed by atoms with Crippen molar-refractivity contribution in [3.63, 3.8) is 0 Å². The summed E-state index contributed by atoms with van der Waals surface area (Å²) in [4.78, 5) is 15.9. The van der Waals surface area contributed by atoms with E-state index >= 15 is 0 Å². The molecule has 3 aromatic rings. The first-order valence-corrected chi connectivity index (χ1v) is 5.46. The van der Waals surface area contributed by atoms with Gasteiger partial charge in [-0.1, -0.05) is 0 Å². The number of hydrogen-bond acceptors (Lipinski definition) is 4. The number of nitrogens with one attached hydrogen (secondary N) is 3. The SMILES string of the molecule is Cc1[nH]nc2ncc(NC(=O)c3[nH]ncc3F)cc12. The van der Waals surface area contributed by atoms with Crippen molar-refractivity contribution in [3.8, 4) is 0 Å². The zero-order valence-corrected chi connectivity index (χ0v) is 9.86. The number of carbonyl (C=O) groups excluding carboxylic acids is 1. The number of fused-ring (bicyclic) bond motifs is 1. The van der Waals surface area contributed by atoms with Gasteiger partial charge in [-0.25, -0.2) is 9.37 Å². The average Bonchev–Trinajstić information content (AvgIpc) is 2.97. The van der Waals surface area contributed by atoms with Gasteiger partial charge < -0.3 is 5.32 Å². The molecule has 96 valence electrons. The minimum atomic E-state index is -0.703. The van der Waals surface area contributed by atoms with Crippen LogP contribution in [-0.4, -0.2) is 31.3 Å². The van der Waals surface area contributed by atoms with E-state index in [1.165, 1.54) is 6.20 Å². The van der Waals surface area contributed by atoms with Gasteiger partial charge in [-0.15, -0.1) is 0 Å². The lowest BCUT2D eigenvalue weighted by Gasteiger charge is -2.03. The number of amides is 1. The largest absolute Gasteiger partial charge is 0.319 e. The standard InChI is InChI=1S/C11H9FN6O/c1-5-7-2-6(3-13-10(7)18-16-5)15-11(19)9-8(12)4-14-17-9/h2-4H,1H3,(H,14,17)(H,15,19)(H,13,16,18). The van der Waals surface area contributed by atoms with Crippen molar-refractivity contribution in [3.05, 3.63) is 35.7 Å². The fourth-order valence-corrected chi connectivity index (χ4v) is 1.71. The van der Waals surface area contributed by atoms with Crippen LogP contribution in [0, 0.1) is 12.7 Å². The number of pyridine rings is 1. The molecular formula is C11H9FN6O. The molecule has 0 aliphatic rings. The molecule has 3 heterocycles. The average molecular weight is 260 g/mol. The van der Waals surface area contributed by atoms with E-state index in [4.69, 9.17) is 0 Å². The van der Waals surface area contributed by atoms with E-state index in [0.29, 0.717) is 11.3 Å². The van der Waals surface area contributed by atoms with Gasteiger partial charge in [0.05, 0.1) is 18.1 Å². The second-order valence-electron chi connectivity index (χ2n) is 3.99. The number of carbonyl (C=O) groups is 1. The van der Waals surface area contributed by atoms with Crippen LogP contribution in [0.2, 0.25) is 0 Å². The minimum Gasteiger partial charge on any atom is -0.319 e. The molecule has 0 unspecified atom stereocenters. The molecule has 0 aliphatic heterocycles. The maximum atomic E-state index is 13.2. The van der Waals surface area contributed by atoms with Crippen LogP contribution < -0.4 is 5.32 Å². The normalized spacial score (nSPS) is 10.8. The van der Waals surface area contributed by atoms with E-state index in [-0.39, 0.29) is 5.69 Å². The summed E-state index contributed by atoms with van der Waals surface area (Å²) in [6, 6.07) is 1.72. The highest BCUT2D eigenvalue weighted by atomic mass is 19.1. The van der Waals surface area contributed by atoms with Crippen LogP contribution in [0.15, 0.2) is 18.5 Å². The quantitative estimate of drug-likeness (QED) is 0.648. The third-order valence-corrected chi connectivity index (χ3v) is 2.68. The van der Waals surface area contributed by atoms with E-state index in [0.717, 1.165) is 17.3 Å². The molecule has 0 aliphatic carbocycles. The van der Waals surface area contributed by atoms with Crippen molar-refractivity contribution < 1.29 is 9.18 Å². The lowest BCUT2D eigenvalue weighted by Crippen LogP contribution is -2.14. The molecule has 8 heteroatoms. The Labute approximate surface area is 106 Å². The summed E-state index contributed by atoms with van der Waals surface area (Å²) in [6.45, 7) is 1.84. The van der Waals surface area contributed by atoms with Gasteiger partial charge in [-0.3, -0.25) is 15.0 Å². The Morgan fingerprint density at radius 1 is 1.37 bits per heavy atom. The molecule has 0 atom stereocenters. The number of anilines is 1. The van der Waals surface area contributed by atoms with Gasteiger partial charge >= 0.3 is 0 Å². The van der Waals surface area contributed by atoms with E-state index in [1.54, 1.807) is 6.07 Å². The van der Waals surface area contributed by atoms with Crippen LogP contribution in [0.5, 0.6) is 0 Å². The predicted molar refractivity (Wildman–Crippen MR) is 65.1 cm³/mol. The van der Waals surface area contributed by atoms with Crippen LogP contribution in [0.4, 0.5) is 10.1 Å². The Hall–Kier alpha value is -2.77. The topological polar surface area (TPSA) is 99.4 Å². The van der Waals surface area contributed by atoms with Crippen molar-refractivity contribution in [2.24, 2.45) is 0 Å². The minimum absolute atomic E-state index is 0.219. The van der Waals surface area contributed by atoms with Crippen LogP contribution in [0.1, 0.15) is 16.2 Å². The zero-order valence-electron chi connectivity index (χ0n) is 9.86. The summed E-state index contributed by atoms with van der Waals surface area (Å²) in [5, 5.41) is 15.8. The van der Waals surface area contributed by atoms with Crippen LogP contribution in [-0.2, 0) is 0 Å². The molecule has 1 amide bonds. The van der Waals surface area contributed by atoms with Gasteiger partial charge in [0.1, 0.15) is 0 Å². The van der Waals surface area contributed by atoms with Crippen LogP contribution in [0.3, 0.4) is 0 Å². The van der Waals surface area contributed by atoms with Gasteiger partial charge in [0, 0.05) is 11.1 Å². The Morgan fingerprint density at radius 2 is 2.21 bits per heavy atom. The van der Waals surface area contributed by atoms with Gasteiger partial charge in [-0.2, -0.15) is 10.2 Å². The molecule has 0 saturated heterocycles. The first kappa shape index (κ1) is 11.3. The number of aromatic nitrogens is 5. The van der Waals surface area contributed by atoms with E-state index in [1.807, 2.05) is 6.92 Å². The maximum absolute atomic E-state index is 13.2. The van der Waals surface area contributed by atoms with Crippen LogP contribution >= 0.6 is 0 Å². The molecule has 0 aromatic carbocycles. The predicted octanol–water partition coefficient (Wildman–Crippen LogP) is 1.38. The summed E-state index contributed by atoms with van der Waals surface area (Å²) in [5.41, 5.74) is 1.63. The summed E-state index contributed by atoms with van der Waals surface area (Å²) < 4.78 is 13.2. The van der Waals surface area contributed by atoms with Gasteiger partial charge in [0.15, 0.2) is 17.2 Å². The summed E-state index contributed by atoms with van der Waals surface area (Å²) in [5.74, 6) is -1.32. The smallest absolute Gasteiger partial charge is 0.276 e. The highest BCUT2D eigenvalue weighted by Crippen LogP contribution is 2.18. The molecule has 0 saturated carbocycles. The van der Waals surface area contributed by atoms with Crippen LogP contribution in [0.25, 0.3) is 11.0 Å². The first-order valence-electron chi connectivity index (χ1n) is 5.46. The van der Waals surface area contributed by atoms with Gasteiger partial charge in [-0.05, 0) is 13.0 Å². The molecule has 0 spiro atoms. The van der Waals surface area contributed by atoms with Crippen molar-refractivity contribution >= 4 is 22.6 Å². The van der Waals surface area contributed by atoms with E-state index in [2.05, 4.69) is 30.7 Å². The molecular weight excluding hydrogens is 251 g/mol. The third-order valence-electron chi connectivity index (χ3n) is 2.68. The summed E-state index contributed by atoms with van der Waals surface area (Å²) in [7, 11) is 0. The van der Waals surface area contributed by atoms with Gasteiger partial charge in [0.25, 0.3) is 5.91 Å². The maximum Gasteiger partial charge on any atom is 0.276 e. The Balaban J connectivity index is 1.91. The molecule has 3 rings (SSSR count). The summed E-state index contributed by atoms with van der Waals surface area (Å²) >= 11 is 0. The molecule has 7 nitrogen and oxygen atoms in total. The van der Waals surface area contributed by atoms with Crippen molar-refractivity contribution in [1.29, 1.82) is 0 Å². The molecule has 3 aromatic heterocycles. The lowest BCUT2D eigenvalue weighted by molar-refractivity contribution is 0.101. The Bertz CT molecular complexity index is 761. The number of halogens is 1. The van der Waals surface area contributed by atoms with Gasteiger partial charge in [0.2, 0.25) is 0 Å². The zero-order chi connectivity index (χ0) is 13.4.